The Morgan fingerprint density at radius 3 is 2.63 bits per heavy atom. The number of terminal acetylenes is 1. The third kappa shape index (κ3) is 3.98. The van der Waals surface area contributed by atoms with Crippen molar-refractivity contribution >= 4 is 24.2 Å². The van der Waals surface area contributed by atoms with E-state index in [1.165, 1.54) is 0 Å². The molecule has 2 rings (SSSR count). The molecule has 1 amide bonds. The Morgan fingerprint density at radius 2 is 2.15 bits per heavy atom. The standard InChI is InChI=1S/C23H28N2O2/c1-9-12-19(24-8)17-13-16(10-2)20-18(14-17)23(7,11-3)15-25(20)21(26)27-22(4,5)6/h2,9,12-14H,1,8,11,15H2,3-7H3/b19-12-/t23-/m0/s1. The van der Waals surface area contributed by atoms with Gasteiger partial charge in [0.2, 0.25) is 0 Å². The zero-order chi connectivity index (χ0) is 20.4. The molecule has 4 heteroatoms. The van der Waals surface area contributed by atoms with Crippen molar-refractivity contribution in [2.75, 3.05) is 11.4 Å². The van der Waals surface area contributed by atoms with Gasteiger partial charge >= 0.3 is 6.09 Å². The zero-order valence-corrected chi connectivity index (χ0v) is 16.9. The lowest BCUT2D eigenvalue weighted by Gasteiger charge is -2.27. The quantitative estimate of drug-likeness (QED) is 0.412. The van der Waals surface area contributed by atoms with E-state index < -0.39 is 5.60 Å². The average Bonchev–Trinajstić information content (AvgIpc) is 2.91. The molecule has 1 aromatic rings. The van der Waals surface area contributed by atoms with Gasteiger partial charge in [0.1, 0.15) is 5.60 Å². The van der Waals surface area contributed by atoms with Crippen molar-refractivity contribution in [3.8, 4) is 12.3 Å². The van der Waals surface area contributed by atoms with Crippen molar-refractivity contribution in [1.29, 1.82) is 0 Å². The highest BCUT2D eigenvalue weighted by molar-refractivity contribution is 5.95. The Kier molecular flexibility index (Phi) is 5.65. The van der Waals surface area contributed by atoms with Crippen LogP contribution in [0.4, 0.5) is 10.5 Å². The smallest absolute Gasteiger partial charge is 0.414 e. The summed E-state index contributed by atoms with van der Waals surface area (Å²) in [7, 11) is 0. The molecule has 0 radical (unpaired) electrons. The van der Waals surface area contributed by atoms with Crippen LogP contribution in [0.3, 0.4) is 0 Å². The number of fused-ring (bicyclic) bond motifs is 1. The number of carbonyl (C=O) groups is 1. The number of anilines is 1. The first-order valence-corrected chi connectivity index (χ1v) is 9.05. The van der Waals surface area contributed by atoms with Crippen LogP contribution >= 0.6 is 0 Å². The lowest BCUT2D eigenvalue weighted by Crippen LogP contribution is -2.39. The van der Waals surface area contributed by atoms with Gasteiger partial charge in [-0.05, 0) is 57.7 Å². The third-order valence-electron chi connectivity index (χ3n) is 4.83. The van der Waals surface area contributed by atoms with Crippen LogP contribution in [0.25, 0.3) is 5.70 Å². The maximum atomic E-state index is 12.9. The van der Waals surface area contributed by atoms with E-state index in [0.29, 0.717) is 17.8 Å². The second-order valence-electron chi connectivity index (χ2n) is 7.99. The Bertz CT molecular complexity index is 852. The molecule has 0 spiro atoms. The van der Waals surface area contributed by atoms with Crippen molar-refractivity contribution in [2.45, 2.75) is 52.1 Å². The topological polar surface area (TPSA) is 41.9 Å². The monoisotopic (exact) mass is 364 g/mol. The zero-order valence-electron chi connectivity index (χ0n) is 16.9. The highest BCUT2D eigenvalue weighted by Crippen LogP contribution is 2.46. The number of ether oxygens (including phenoxy) is 1. The van der Waals surface area contributed by atoms with E-state index in [1.807, 2.05) is 32.9 Å². The van der Waals surface area contributed by atoms with Gasteiger partial charge in [0.15, 0.2) is 0 Å². The predicted octanol–water partition coefficient (Wildman–Crippen LogP) is 5.32. The third-order valence-corrected chi connectivity index (χ3v) is 4.83. The molecule has 1 heterocycles. The minimum absolute atomic E-state index is 0.228. The van der Waals surface area contributed by atoms with E-state index in [-0.39, 0.29) is 11.5 Å². The summed E-state index contributed by atoms with van der Waals surface area (Å²) in [6, 6.07) is 3.91. The van der Waals surface area contributed by atoms with Crippen molar-refractivity contribution < 1.29 is 9.53 Å². The van der Waals surface area contributed by atoms with E-state index in [4.69, 9.17) is 11.2 Å². The molecule has 0 unspecified atom stereocenters. The first kappa shape index (κ1) is 20.5. The molecule has 0 fully saturated rings. The van der Waals surface area contributed by atoms with Crippen LogP contribution in [-0.4, -0.2) is 25.0 Å². The summed E-state index contributed by atoms with van der Waals surface area (Å²) in [6.07, 6.45) is 9.74. The predicted molar refractivity (Wildman–Crippen MR) is 113 cm³/mol. The fraction of sp³-hybridized carbons (Fsp3) is 0.391. The number of allylic oxidation sites excluding steroid dienone is 2. The SMILES string of the molecule is C#Cc1cc(/C(=C/C=C)N=C)cc2c1N(C(=O)OC(C)(C)C)C[C@]2(C)CC. The Morgan fingerprint density at radius 1 is 1.48 bits per heavy atom. The van der Waals surface area contributed by atoms with E-state index in [1.54, 1.807) is 17.1 Å². The minimum Gasteiger partial charge on any atom is -0.443 e. The lowest BCUT2D eigenvalue weighted by molar-refractivity contribution is 0.0578. The fourth-order valence-corrected chi connectivity index (χ4v) is 3.28. The molecule has 0 aliphatic carbocycles. The van der Waals surface area contributed by atoms with Crippen LogP contribution in [0, 0.1) is 12.3 Å². The van der Waals surface area contributed by atoms with Gasteiger partial charge in [-0.15, -0.1) is 6.42 Å². The summed E-state index contributed by atoms with van der Waals surface area (Å²) >= 11 is 0. The summed E-state index contributed by atoms with van der Waals surface area (Å²) in [5, 5.41) is 0. The van der Waals surface area contributed by atoms with E-state index in [0.717, 1.165) is 23.2 Å². The van der Waals surface area contributed by atoms with Gasteiger partial charge in [0, 0.05) is 23.1 Å². The van der Waals surface area contributed by atoms with Crippen LogP contribution in [0.2, 0.25) is 0 Å². The van der Waals surface area contributed by atoms with Gasteiger partial charge in [-0.2, -0.15) is 0 Å². The second kappa shape index (κ2) is 7.44. The van der Waals surface area contributed by atoms with E-state index in [9.17, 15) is 4.79 Å². The molecule has 0 saturated heterocycles. The molecule has 27 heavy (non-hydrogen) atoms. The van der Waals surface area contributed by atoms with Gasteiger partial charge in [0.05, 0.1) is 11.4 Å². The Hall–Kier alpha value is -2.80. The average molecular weight is 364 g/mol. The highest BCUT2D eigenvalue weighted by Gasteiger charge is 2.43. The van der Waals surface area contributed by atoms with Gasteiger partial charge in [0.25, 0.3) is 0 Å². The molecular formula is C23H28N2O2. The van der Waals surface area contributed by atoms with Gasteiger partial charge in [-0.3, -0.25) is 9.89 Å². The number of rotatable bonds is 4. The molecular weight excluding hydrogens is 336 g/mol. The van der Waals surface area contributed by atoms with Crippen LogP contribution in [0.5, 0.6) is 0 Å². The van der Waals surface area contributed by atoms with Crippen molar-refractivity contribution in [3.05, 3.63) is 47.6 Å². The molecule has 4 nitrogen and oxygen atoms in total. The first-order chi connectivity index (χ1) is 12.6. The Balaban J connectivity index is 2.69. The number of carbonyl (C=O) groups excluding carboxylic acids is 1. The summed E-state index contributed by atoms with van der Waals surface area (Å²) < 4.78 is 5.62. The minimum atomic E-state index is -0.578. The molecule has 0 bridgehead atoms. The van der Waals surface area contributed by atoms with E-state index in [2.05, 4.69) is 38.1 Å². The van der Waals surface area contributed by atoms with Crippen molar-refractivity contribution in [1.82, 2.24) is 0 Å². The number of hydrogen-bond acceptors (Lipinski definition) is 3. The Labute approximate surface area is 162 Å². The van der Waals surface area contributed by atoms with Crippen LogP contribution < -0.4 is 4.90 Å². The number of nitrogens with zero attached hydrogens (tertiary/aromatic N) is 2. The molecule has 142 valence electrons. The molecule has 1 aromatic carbocycles. The molecule has 0 N–H and O–H groups in total. The fourth-order valence-electron chi connectivity index (χ4n) is 3.28. The van der Waals surface area contributed by atoms with Crippen LogP contribution in [-0.2, 0) is 10.2 Å². The maximum absolute atomic E-state index is 12.9. The summed E-state index contributed by atoms with van der Waals surface area (Å²) in [6.45, 7) is 17.7. The second-order valence-corrected chi connectivity index (χ2v) is 7.99. The molecule has 0 aromatic heterocycles. The van der Waals surface area contributed by atoms with Crippen molar-refractivity contribution in [3.63, 3.8) is 0 Å². The highest BCUT2D eigenvalue weighted by atomic mass is 16.6. The normalized spacial score (nSPS) is 19.3. The van der Waals surface area contributed by atoms with Gasteiger partial charge in [-0.1, -0.05) is 32.4 Å². The number of hydrogen-bond donors (Lipinski definition) is 0. The summed E-state index contributed by atoms with van der Waals surface area (Å²) in [4.78, 5) is 18.6. The molecule has 1 aliphatic rings. The number of amides is 1. The first-order valence-electron chi connectivity index (χ1n) is 9.05. The van der Waals surface area contributed by atoms with Crippen LogP contribution in [0.1, 0.15) is 57.7 Å². The van der Waals surface area contributed by atoms with Crippen molar-refractivity contribution in [2.24, 2.45) is 4.99 Å². The van der Waals surface area contributed by atoms with Gasteiger partial charge < -0.3 is 4.74 Å². The lowest BCUT2D eigenvalue weighted by atomic mass is 9.80. The largest absolute Gasteiger partial charge is 0.443 e. The molecule has 0 saturated carbocycles. The number of aliphatic imine (C=N–C) groups is 1. The van der Waals surface area contributed by atoms with Gasteiger partial charge in [-0.25, -0.2) is 4.79 Å². The summed E-state index contributed by atoms with van der Waals surface area (Å²) in [5.41, 5.74) is 3.17. The van der Waals surface area contributed by atoms with E-state index >= 15 is 0 Å². The van der Waals surface area contributed by atoms with Crippen LogP contribution in [0.15, 0.2) is 35.9 Å². The molecule has 1 atom stereocenters. The molecule has 1 aliphatic heterocycles. The number of benzene rings is 1. The summed E-state index contributed by atoms with van der Waals surface area (Å²) in [5.74, 6) is 2.73. The maximum Gasteiger partial charge on any atom is 0.414 e.